The number of hydrogen-bond acceptors (Lipinski definition) is 1. The van der Waals surface area contributed by atoms with E-state index in [1.165, 1.54) is 12.1 Å². The predicted octanol–water partition coefficient (Wildman–Crippen LogP) is 0.758. The minimum absolute atomic E-state index is 0. The van der Waals surface area contributed by atoms with Gasteiger partial charge in [0.05, 0.1) is 0 Å². The van der Waals surface area contributed by atoms with Crippen LogP contribution in [0.1, 0.15) is 0 Å². The predicted molar refractivity (Wildman–Crippen MR) is 25.9 cm³/mol. The van der Waals surface area contributed by atoms with E-state index in [9.17, 15) is 5.11 Å². The first kappa shape index (κ1) is 7.54. The summed E-state index contributed by atoms with van der Waals surface area (Å²) in [7, 11) is 0. The third kappa shape index (κ3) is 2.01. The fraction of sp³-hybridized carbons (Fsp3) is 0. The van der Waals surface area contributed by atoms with Crippen LogP contribution in [-0.2, 0) is 17.1 Å². The van der Waals surface area contributed by atoms with Gasteiger partial charge < -0.3 is 5.11 Å². The van der Waals surface area contributed by atoms with Crippen molar-refractivity contribution in [3.63, 3.8) is 0 Å². The van der Waals surface area contributed by atoms with E-state index in [1.54, 1.807) is 12.1 Å². The zero-order chi connectivity index (χ0) is 5.11. The molecule has 2 heteroatoms. The Morgan fingerprint density at radius 1 is 1.00 bits per heavy atom. The molecule has 8 heavy (non-hydrogen) atoms. The fourth-order valence-corrected chi connectivity index (χ4v) is 0.420. The van der Waals surface area contributed by atoms with E-state index in [4.69, 9.17) is 0 Å². The van der Waals surface area contributed by atoms with Crippen molar-refractivity contribution < 1.29 is 22.2 Å². The Balaban J connectivity index is 0.000000490. The maximum absolute atomic E-state index is 10.3. The second-order valence-corrected chi connectivity index (χ2v) is 1.31. The molecule has 0 saturated heterocycles. The minimum atomic E-state index is 0. The number of rotatable bonds is 0. The first-order chi connectivity index (χ1) is 3.39. The SMILES string of the molecule is [Cu+].[O-]c1ccccc1. The number of benzene rings is 1. The summed E-state index contributed by atoms with van der Waals surface area (Å²) < 4.78 is 0. The summed E-state index contributed by atoms with van der Waals surface area (Å²) in [6, 6.07) is 8.33. The molecule has 0 amide bonds. The van der Waals surface area contributed by atoms with Crippen LogP contribution in [0.4, 0.5) is 0 Å². The van der Waals surface area contributed by atoms with Crippen LogP contribution in [0, 0.1) is 0 Å². The van der Waals surface area contributed by atoms with Gasteiger partial charge >= 0.3 is 17.1 Å². The Labute approximate surface area is 58.8 Å². The quantitative estimate of drug-likeness (QED) is 0.509. The van der Waals surface area contributed by atoms with E-state index >= 15 is 0 Å². The van der Waals surface area contributed by atoms with Gasteiger partial charge in [-0.2, -0.15) is 0 Å². The van der Waals surface area contributed by atoms with E-state index in [0.717, 1.165) is 0 Å². The molecule has 0 saturated carbocycles. The molecule has 0 aliphatic rings. The van der Waals surface area contributed by atoms with Gasteiger partial charge in [0.15, 0.2) is 0 Å². The first-order valence-electron chi connectivity index (χ1n) is 2.11. The van der Waals surface area contributed by atoms with Crippen molar-refractivity contribution in [1.82, 2.24) is 0 Å². The molecule has 0 spiro atoms. The smallest absolute Gasteiger partial charge is 0.872 e. The zero-order valence-corrected chi connectivity index (χ0v) is 5.04. The second kappa shape index (κ2) is 3.53. The van der Waals surface area contributed by atoms with Gasteiger partial charge in [-0.15, -0.1) is 5.75 Å². The molecule has 1 rings (SSSR count). The molecule has 0 heterocycles. The normalized spacial score (nSPS) is 7.50. The van der Waals surface area contributed by atoms with Gasteiger partial charge in [-0.1, -0.05) is 30.3 Å². The fourth-order valence-electron chi connectivity index (χ4n) is 0.420. The Morgan fingerprint density at radius 2 is 1.50 bits per heavy atom. The summed E-state index contributed by atoms with van der Waals surface area (Å²) in [5, 5.41) is 10.3. The van der Waals surface area contributed by atoms with Crippen LogP contribution in [0.2, 0.25) is 0 Å². The van der Waals surface area contributed by atoms with Gasteiger partial charge in [-0.25, -0.2) is 0 Å². The van der Waals surface area contributed by atoms with Crippen LogP contribution >= 0.6 is 0 Å². The zero-order valence-electron chi connectivity index (χ0n) is 4.10. The molecule has 0 N–H and O–H groups in total. The summed E-state index contributed by atoms with van der Waals surface area (Å²) in [5.74, 6) is 0.0718. The van der Waals surface area contributed by atoms with E-state index in [1.807, 2.05) is 6.07 Å². The molecule has 1 aromatic carbocycles. The summed E-state index contributed by atoms with van der Waals surface area (Å²) in [4.78, 5) is 0. The molecule has 0 bridgehead atoms. The number of para-hydroxylation sites is 1. The topological polar surface area (TPSA) is 23.1 Å². The molecule has 0 unspecified atom stereocenters. The van der Waals surface area contributed by atoms with Crippen molar-refractivity contribution >= 4 is 0 Å². The van der Waals surface area contributed by atoms with Crippen molar-refractivity contribution in [3.05, 3.63) is 30.3 Å². The summed E-state index contributed by atoms with van der Waals surface area (Å²) in [5.41, 5.74) is 0. The average molecular weight is 157 g/mol. The monoisotopic (exact) mass is 156 g/mol. The molecule has 0 atom stereocenters. The summed E-state index contributed by atoms with van der Waals surface area (Å²) >= 11 is 0. The van der Waals surface area contributed by atoms with Gasteiger partial charge in [0.1, 0.15) is 0 Å². The largest absolute Gasteiger partial charge is 1.00 e. The van der Waals surface area contributed by atoms with Crippen molar-refractivity contribution in [2.75, 3.05) is 0 Å². The molecule has 1 aromatic rings. The molecular formula is C6H5CuO. The molecule has 0 aliphatic carbocycles. The third-order valence-electron chi connectivity index (χ3n) is 0.743. The Kier molecular flexibility index (Phi) is 3.33. The van der Waals surface area contributed by atoms with Crippen LogP contribution in [0.3, 0.4) is 0 Å². The Morgan fingerprint density at radius 3 is 1.75 bits per heavy atom. The summed E-state index contributed by atoms with van der Waals surface area (Å²) in [6.07, 6.45) is 0. The van der Waals surface area contributed by atoms with Crippen LogP contribution in [0.25, 0.3) is 0 Å². The van der Waals surface area contributed by atoms with Gasteiger partial charge in [0.2, 0.25) is 0 Å². The Bertz CT molecular complexity index is 138. The average Bonchev–Trinajstić information content (AvgIpc) is 1.69. The molecule has 0 aliphatic heterocycles. The Hall–Kier alpha value is -0.461. The maximum atomic E-state index is 10.3. The first-order valence-corrected chi connectivity index (χ1v) is 2.11. The second-order valence-electron chi connectivity index (χ2n) is 1.31. The van der Waals surface area contributed by atoms with E-state index in [0.29, 0.717) is 0 Å². The third-order valence-corrected chi connectivity index (χ3v) is 0.743. The van der Waals surface area contributed by atoms with Crippen molar-refractivity contribution in [2.24, 2.45) is 0 Å². The van der Waals surface area contributed by atoms with Crippen molar-refractivity contribution in [1.29, 1.82) is 0 Å². The standard InChI is InChI=1S/C6H6O.Cu/c7-6-4-2-1-3-5-6;/h1-5,7H;/q;+1/p-1. The summed E-state index contributed by atoms with van der Waals surface area (Å²) in [6.45, 7) is 0. The van der Waals surface area contributed by atoms with Crippen molar-refractivity contribution in [3.8, 4) is 5.75 Å². The minimum Gasteiger partial charge on any atom is -0.872 e. The molecular weight excluding hydrogens is 152 g/mol. The van der Waals surface area contributed by atoms with Gasteiger partial charge in [0, 0.05) is 0 Å². The molecule has 0 radical (unpaired) electrons. The van der Waals surface area contributed by atoms with E-state index < -0.39 is 0 Å². The van der Waals surface area contributed by atoms with Gasteiger partial charge in [-0.05, 0) is 0 Å². The molecule has 1 nitrogen and oxygen atoms in total. The van der Waals surface area contributed by atoms with Crippen molar-refractivity contribution in [2.45, 2.75) is 0 Å². The molecule has 0 aromatic heterocycles. The molecule has 0 fully saturated rings. The van der Waals surface area contributed by atoms with Gasteiger partial charge in [0.25, 0.3) is 0 Å². The van der Waals surface area contributed by atoms with Gasteiger partial charge in [-0.3, -0.25) is 0 Å². The van der Waals surface area contributed by atoms with E-state index in [-0.39, 0.29) is 22.8 Å². The number of hydrogen-bond donors (Lipinski definition) is 0. The van der Waals surface area contributed by atoms with Crippen LogP contribution < -0.4 is 5.11 Å². The van der Waals surface area contributed by atoms with E-state index in [2.05, 4.69) is 0 Å². The maximum Gasteiger partial charge on any atom is 1.00 e. The van der Waals surface area contributed by atoms with Crippen LogP contribution in [-0.4, -0.2) is 0 Å². The van der Waals surface area contributed by atoms with Crippen LogP contribution in [0.5, 0.6) is 5.75 Å². The van der Waals surface area contributed by atoms with Crippen LogP contribution in [0.15, 0.2) is 30.3 Å². The molecule has 46 valence electrons.